The lowest BCUT2D eigenvalue weighted by Crippen LogP contribution is -2.37. The Bertz CT molecular complexity index is 450. The summed E-state index contributed by atoms with van der Waals surface area (Å²) in [6.07, 6.45) is 3.95. The van der Waals surface area contributed by atoms with Crippen molar-refractivity contribution in [3.63, 3.8) is 0 Å². The summed E-state index contributed by atoms with van der Waals surface area (Å²) in [5, 5.41) is 11.8. The van der Waals surface area contributed by atoms with Gasteiger partial charge in [0.1, 0.15) is 5.41 Å². The first-order valence-electron chi connectivity index (χ1n) is 5.62. The van der Waals surface area contributed by atoms with Crippen LogP contribution in [0.3, 0.4) is 0 Å². The number of nitriles is 1. The maximum absolute atomic E-state index is 11.9. The highest BCUT2D eigenvalue weighted by Crippen LogP contribution is 2.19. The van der Waals surface area contributed by atoms with E-state index in [0.29, 0.717) is 13.0 Å². The lowest BCUT2D eigenvalue weighted by molar-refractivity contribution is -0.127. The largest absolute Gasteiger partial charge is 0.351 e. The normalized spacial score (nSPS) is 13.5. The van der Waals surface area contributed by atoms with Gasteiger partial charge in [0.2, 0.25) is 5.91 Å². The number of aryl methyl sites for hydroxylation is 1. The number of aromatic nitrogens is 1. The molecule has 0 aliphatic carbocycles. The molecular formula is C13H17N3O. The Hall–Kier alpha value is -1.89. The molecule has 1 N–H and O–H groups in total. The van der Waals surface area contributed by atoms with E-state index in [-0.39, 0.29) is 5.91 Å². The second-order valence-electron chi connectivity index (χ2n) is 4.28. The highest BCUT2D eigenvalue weighted by Gasteiger charge is 2.30. The molecule has 1 heterocycles. The average Bonchev–Trinajstić information content (AvgIpc) is 2.36. The maximum Gasteiger partial charge on any atom is 0.240 e. The van der Waals surface area contributed by atoms with Gasteiger partial charge in [0.25, 0.3) is 0 Å². The van der Waals surface area contributed by atoms with Crippen LogP contribution in [0.1, 0.15) is 31.4 Å². The van der Waals surface area contributed by atoms with E-state index in [4.69, 9.17) is 5.26 Å². The van der Waals surface area contributed by atoms with E-state index >= 15 is 0 Å². The Balaban J connectivity index is 2.67. The van der Waals surface area contributed by atoms with Crippen molar-refractivity contribution in [2.75, 3.05) is 0 Å². The molecule has 1 amide bonds. The smallest absolute Gasteiger partial charge is 0.240 e. The first-order valence-corrected chi connectivity index (χ1v) is 5.62. The van der Waals surface area contributed by atoms with Gasteiger partial charge in [-0.05, 0) is 37.5 Å². The van der Waals surface area contributed by atoms with Crippen LogP contribution >= 0.6 is 0 Å². The van der Waals surface area contributed by atoms with E-state index in [1.807, 2.05) is 19.9 Å². The summed E-state index contributed by atoms with van der Waals surface area (Å²) in [7, 11) is 0. The van der Waals surface area contributed by atoms with Crippen molar-refractivity contribution >= 4 is 5.91 Å². The summed E-state index contributed by atoms with van der Waals surface area (Å²) >= 11 is 0. The molecule has 0 aliphatic rings. The molecule has 4 heteroatoms. The molecule has 0 radical (unpaired) electrons. The number of hydrogen-bond acceptors (Lipinski definition) is 3. The zero-order valence-corrected chi connectivity index (χ0v) is 10.4. The second-order valence-corrected chi connectivity index (χ2v) is 4.28. The molecule has 1 unspecified atom stereocenters. The number of carbonyl (C=O) groups excluding carboxylic acids is 1. The van der Waals surface area contributed by atoms with Gasteiger partial charge >= 0.3 is 0 Å². The van der Waals surface area contributed by atoms with Crippen molar-refractivity contribution in [2.24, 2.45) is 5.41 Å². The van der Waals surface area contributed by atoms with E-state index in [0.717, 1.165) is 11.1 Å². The van der Waals surface area contributed by atoms with Gasteiger partial charge in [-0.2, -0.15) is 5.26 Å². The SMILES string of the molecule is CCC(C)(C#N)C(=O)NCc1ccncc1C. The monoisotopic (exact) mass is 231 g/mol. The molecule has 1 atom stereocenters. The van der Waals surface area contributed by atoms with Crippen LogP contribution in [0.5, 0.6) is 0 Å². The predicted octanol–water partition coefficient (Wildman–Crippen LogP) is 1.95. The lowest BCUT2D eigenvalue weighted by atomic mass is 9.88. The first-order chi connectivity index (χ1) is 8.03. The van der Waals surface area contributed by atoms with E-state index in [1.165, 1.54) is 0 Å². The summed E-state index contributed by atoms with van der Waals surface area (Å²) in [5.74, 6) is -0.223. The van der Waals surface area contributed by atoms with Crippen LogP contribution in [0.15, 0.2) is 18.5 Å². The molecule has 1 rings (SSSR count). The van der Waals surface area contributed by atoms with Gasteiger partial charge in [0, 0.05) is 18.9 Å². The van der Waals surface area contributed by atoms with Crippen molar-refractivity contribution in [2.45, 2.75) is 33.7 Å². The van der Waals surface area contributed by atoms with Crippen LogP contribution in [0.2, 0.25) is 0 Å². The Morgan fingerprint density at radius 3 is 2.88 bits per heavy atom. The number of amides is 1. The van der Waals surface area contributed by atoms with Crippen LogP contribution in [0.4, 0.5) is 0 Å². The second kappa shape index (κ2) is 5.44. The van der Waals surface area contributed by atoms with Crippen LogP contribution < -0.4 is 5.32 Å². The quantitative estimate of drug-likeness (QED) is 0.861. The highest BCUT2D eigenvalue weighted by atomic mass is 16.2. The molecule has 0 fully saturated rings. The molecule has 1 aromatic rings. The Morgan fingerprint density at radius 2 is 2.35 bits per heavy atom. The van der Waals surface area contributed by atoms with Gasteiger partial charge in [-0.25, -0.2) is 0 Å². The summed E-state index contributed by atoms with van der Waals surface area (Å²) in [6.45, 7) is 5.87. The number of nitrogens with zero attached hydrogens (tertiary/aromatic N) is 2. The van der Waals surface area contributed by atoms with E-state index in [9.17, 15) is 4.79 Å². The fraction of sp³-hybridized carbons (Fsp3) is 0.462. The molecule has 0 spiro atoms. The van der Waals surface area contributed by atoms with Gasteiger partial charge in [0.15, 0.2) is 0 Å². The van der Waals surface area contributed by atoms with Crippen LogP contribution in [0, 0.1) is 23.7 Å². The molecule has 17 heavy (non-hydrogen) atoms. The number of carbonyl (C=O) groups is 1. The maximum atomic E-state index is 11.9. The van der Waals surface area contributed by atoms with Crippen molar-refractivity contribution in [1.29, 1.82) is 5.26 Å². The number of nitrogens with one attached hydrogen (secondary N) is 1. The summed E-state index contributed by atoms with van der Waals surface area (Å²) in [6, 6.07) is 3.92. The van der Waals surface area contributed by atoms with E-state index < -0.39 is 5.41 Å². The Morgan fingerprint density at radius 1 is 1.65 bits per heavy atom. The Kier molecular flexibility index (Phi) is 4.22. The Labute approximate surface area is 102 Å². The van der Waals surface area contributed by atoms with Crippen LogP contribution in [-0.2, 0) is 11.3 Å². The standard InChI is InChI=1S/C13H17N3O/c1-4-13(3,9-14)12(17)16-8-11-5-6-15-7-10(11)2/h5-7H,4,8H2,1-3H3,(H,16,17). The van der Waals surface area contributed by atoms with Gasteiger partial charge in [0.05, 0.1) is 6.07 Å². The number of pyridine rings is 1. The van der Waals surface area contributed by atoms with E-state index in [1.54, 1.807) is 19.3 Å². The molecule has 0 bridgehead atoms. The number of hydrogen-bond donors (Lipinski definition) is 1. The highest BCUT2D eigenvalue weighted by molar-refractivity contribution is 5.84. The molecule has 1 aromatic heterocycles. The average molecular weight is 231 g/mol. The predicted molar refractivity (Wildman–Crippen MR) is 64.8 cm³/mol. The van der Waals surface area contributed by atoms with E-state index in [2.05, 4.69) is 16.4 Å². The van der Waals surface area contributed by atoms with Crippen molar-refractivity contribution in [1.82, 2.24) is 10.3 Å². The van der Waals surface area contributed by atoms with Crippen molar-refractivity contribution in [3.8, 4) is 6.07 Å². The van der Waals surface area contributed by atoms with Crippen molar-refractivity contribution in [3.05, 3.63) is 29.6 Å². The third-order valence-corrected chi connectivity index (χ3v) is 3.03. The van der Waals surface area contributed by atoms with Crippen LogP contribution in [0.25, 0.3) is 0 Å². The van der Waals surface area contributed by atoms with Gasteiger partial charge in [-0.15, -0.1) is 0 Å². The third kappa shape index (κ3) is 3.04. The zero-order valence-electron chi connectivity index (χ0n) is 10.4. The molecule has 0 aliphatic heterocycles. The molecule has 4 nitrogen and oxygen atoms in total. The molecule has 90 valence electrons. The first kappa shape index (κ1) is 13.2. The summed E-state index contributed by atoms with van der Waals surface area (Å²) < 4.78 is 0. The summed E-state index contributed by atoms with van der Waals surface area (Å²) in [5.41, 5.74) is 1.11. The van der Waals surface area contributed by atoms with Gasteiger partial charge in [-0.3, -0.25) is 9.78 Å². The third-order valence-electron chi connectivity index (χ3n) is 3.03. The zero-order chi connectivity index (χ0) is 12.9. The van der Waals surface area contributed by atoms with Crippen molar-refractivity contribution < 1.29 is 4.79 Å². The summed E-state index contributed by atoms with van der Waals surface area (Å²) in [4.78, 5) is 15.9. The topological polar surface area (TPSA) is 65.8 Å². The number of rotatable bonds is 4. The molecule has 0 saturated heterocycles. The fourth-order valence-electron chi connectivity index (χ4n) is 1.36. The minimum atomic E-state index is -0.944. The minimum absolute atomic E-state index is 0.223. The minimum Gasteiger partial charge on any atom is -0.351 e. The van der Waals surface area contributed by atoms with Crippen LogP contribution in [-0.4, -0.2) is 10.9 Å². The lowest BCUT2D eigenvalue weighted by Gasteiger charge is -2.18. The fourth-order valence-corrected chi connectivity index (χ4v) is 1.36. The molecule has 0 saturated carbocycles. The van der Waals surface area contributed by atoms with Gasteiger partial charge < -0.3 is 5.32 Å². The molecular weight excluding hydrogens is 214 g/mol. The molecule has 0 aromatic carbocycles. The van der Waals surface area contributed by atoms with Gasteiger partial charge in [-0.1, -0.05) is 6.92 Å².